The van der Waals surface area contributed by atoms with Gasteiger partial charge in [-0.1, -0.05) is 42.0 Å². The highest BCUT2D eigenvalue weighted by molar-refractivity contribution is 5.63. The molecule has 4 nitrogen and oxygen atoms in total. The van der Waals surface area contributed by atoms with Crippen molar-refractivity contribution in [2.45, 2.75) is 27.2 Å². The van der Waals surface area contributed by atoms with Crippen LogP contribution in [-0.4, -0.2) is 20.1 Å². The van der Waals surface area contributed by atoms with Crippen molar-refractivity contribution in [3.8, 4) is 22.7 Å². The Morgan fingerprint density at radius 1 is 1.09 bits per heavy atom. The molecule has 0 amide bonds. The van der Waals surface area contributed by atoms with Gasteiger partial charge in [0.05, 0.1) is 11.9 Å². The number of phenols is 1. The van der Waals surface area contributed by atoms with E-state index >= 15 is 0 Å². The molecular formula is C18H19N3O. The predicted octanol–water partition coefficient (Wildman–Crippen LogP) is 3.82. The first-order valence-electron chi connectivity index (χ1n) is 7.40. The summed E-state index contributed by atoms with van der Waals surface area (Å²) >= 11 is 0. The van der Waals surface area contributed by atoms with E-state index in [2.05, 4.69) is 36.3 Å². The van der Waals surface area contributed by atoms with Crippen LogP contribution >= 0.6 is 0 Å². The highest BCUT2D eigenvalue weighted by Crippen LogP contribution is 2.29. The maximum Gasteiger partial charge on any atom is 0.141 e. The SMILES string of the molecule is CCc1cc(-n2nncc2-c2ccc(C)cc2)c(O)cc1C. The van der Waals surface area contributed by atoms with Gasteiger partial charge < -0.3 is 5.11 Å². The number of hydrogen-bond donors (Lipinski definition) is 1. The van der Waals surface area contributed by atoms with Crippen LogP contribution in [-0.2, 0) is 6.42 Å². The topological polar surface area (TPSA) is 50.9 Å². The molecule has 0 aliphatic heterocycles. The van der Waals surface area contributed by atoms with E-state index in [0.717, 1.165) is 23.2 Å². The molecule has 2 aromatic carbocycles. The van der Waals surface area contributed by atoms with E-state index < -0.39 is 0 Å². The monoisotopic (exact) mass is 293 g/mol. The number of aromatic nitrogens is 3. The minimum Gasteiger partial charge on any atom is -0.506 e. The van der Waals surface area contributed by atoms with Gasteiger partial charge in [-0.2, -0.15) is 0 Å². The molecule has 1 heterocycles. The van der Waals surface area contributed by atoms with Gasteiger partial charge in [-0.25, -0.2) is 4.68 Å². The number of phenolic OH excluding ortho intramolecular Hbond substituents is 1. The van der Waals surface area contributed by atoms with Gasteiger partial charge in [0.25, 0.3) is 0 Å². The maximum absolute atomic E-state index is 10.3. The third kappa shape index (κ3) is 2.48. The fraction of sp³-hybridized carbons (Fsp3) is 0.222. The molecular weight excluding hydrogens is 274 g/mol. The summed E-state index contributed by atoms with van der Waals surface area (Å²) < 4.78 is 1.69. The maximum atomic E-state index is 10.3. The Balaban J connectivity index is 2.15. The molecule has 1 aromatic heterocycles. The van der Waals surface area contributed by atoms with Crippen LogP contribution in [0.15, 0.2) is 42.6 Å². The third-order valence-electron chi connectivity index (χ3n) is 3.94. The zero-order valence-electron chi connectivity index (χ0n) is 13.0. The standard InChI is InChI=1S/C18H19N3O/c1-4-14-10-16(18(22)9-13(14)3)21-17(11-19-20-21)15-7-5-12(2)6-8-15/h5-11,22H,4H2,1-3H3. The van der Waals surface area contributed by atoms with Gasteiger partial charge in [-0.3, -0.25) is 0 Å². The van der Waals surface area contributed by atoms with Crippen LogP contribution < -0.4 is 0 Å². The van der Waals surface area contributed by atoms with Gasteiger partial charge in [0, 0.05) is 5.56 Å². The molecule has 0 fully saturated rings. The molecule has 112 valence electrons. The number of benzene rings is 2. The molecule has 1 N–H and O–H groups in total. The van der Waals surface area contributed by atoms with Crippen LogP contribution in [0.2, 0.25) is 0 Å². The molecule has 0 unspecified atom stereocenters. The average Bonchev–Trinajstić information content (AvgIpc) is 2.97. The Labute approximate surface area is 130 Å². The van der Waals surface area contributed by atoms with Gasteiger partial charge in [0.15, 0.2) is 0 Å². The highest BCUT2D eigenvalue weighted by Gasteiger charge is 2.14. The van der Waals surface area contributed by atoms with Crippen molar-refractivity contribution in [2.75, 3.05) is 0 Å². The third-order valence-corrected chi connectivity index (χ3v) is 3.94. The summed E-state index contributed by atoms with van der Waals surface area (Å²) in [6, 6.07) is 12.0. The molecule has 3 aromatic rings. The number of hydrogen-bond acceptors (Lipinski definition) is 3. The summed E-state index contributed by atoms with van der Waals surface area (Å²) in [5.41, 5.74) is 6.03. The quantitative estimate of drug-likeness (QED) is 0.798. The fourth-order valence-electron chi connectivity index (χ4n) is 2.61. The Bertz CT molecular complexity index is 804. The largest absolute Gasteiger partial charge is 0.506 e. The Hall–Kier alpha value is -2.62. The van der Waals surface area contributed by atoms with Gasteiger partial charge in [-0.05, 0) is 43.5 Å². The second kappa shape index (κ2) is 5.64. The second-order valence-electron chi connectivity index (χ2n) is 5.52. The van der Waals surface area contributed by atoms with Crippen molar-refractivity contribution in [1.29, 1.82) is 0 Å². The Kier molecular flexibility index (Phi) is 3.67. The number of aryl methyl sites for hydroxylation is 3. The molecule has 0 aliphatic carbocycles. The van der Waals surface area contributed by atoms with E-state index in [9.17, 15) is 5.11 Å². The molecule has 3 rings (SSSR count). The highest BCUT2D eigenvalue weighted by atomic mass is 16.3. The lowest BCUT2D eigenvalue weighted by molar-refractivity contribution is 0.469. The first-order valence-corrected chi connectivity index (χ1v) is 7.40. The molecule has 4 heteroatoms. The molecule has 0 bridgehead atoms. The molecule has 0 spiro atoms. The van der Waals surface area contributed by atoms with E-state index in [1.807, 2.05) is 25.1 Å². The first kappa shape index (κ1) is 14.3. The normalized spacial score (nSPS) is 10.9. The van der Waals surface area contributed by atoms with Crippen LogP contribution in [0.5, 0.6) is 5.75 Å². The summed E-state index contributed by atoms with van der Waals surface area (Å²) in [4.78, 5) is 0. The lowest BCUT2D eigenvalue weighted by Crippen LogP contribution is -2.02. The second-order valence-corrected chi connectivity index (χ2v) is 5.52. The predicted molar refractivity (Wildman–Crippen MR) is 87.3 cm³/mol. The summed E-state index contributed by atoms with van der Waals surface area (Å²) in [6.07, 6.45) is 2.63. The molecule has 0 radical (unpaired) electrons. The van der Waals surface area contributed by atoms with Gasteiger partial charge in [0.2, 0.25) is 0 Å². The van der Waals surface area contributed by atoms with Crippen molar-refractivity contribution in [1.82, 2.24) is 15.0 Å². The zero-order chi connectivity index (χ0) is 15.7. The molecule has 0 saturated heterocycles. The summed E-state index contributed by atoms with van der Waals surface area (Å²) in [6.45, 7) is 6.16. The van der Waals surface area contributed by atoms with Gasteiger partial charge in [0.1, 0.15) is 11.4 Å². The van der Waals surface area contributed by atoms with Crippen molar-refractivity contribution < 1.29 is 5.11 Å². The number of rotatable bonds is 3. The van der Waals surface area contributed by atoms with Crippen LogP contribution in [0.3, 0.4) is 0 Å². The summed E-state index contributed by atoms with van der Waals surface area (Å²) in [7, 11) is 0. The van der Waals surface area contributed by atoms with Crippen LogP contribution in [0.1, 0.15) is 23.6 Å². The summed E-state index contributed by atoms with van der Waals surface area (Å²) in [5.74, 6) is 0.216. The van der Waals surface area contributed by atoms with Crippen molar-refractivity contribution in [2.24, 2.45) is 0 Å². The van der Waals surface area contributed by atoms with E-state index in [-0.39, 0.29) is 5.75 Å². The summed E-state index contributed by atoms with van der Waals surface area (Å²) in [5, 5.41) is 18.5. The van der Waals surface area contributed by atoms with Crippen LogP contribution in [0.4, 0.5) is 0 Å². The van der Waals surface area contributed by atoms with Crippen LogP contribution in [0, 0.1) is 13.8 Å². The number of nitrogens with zero attached hydrogens (tertiary/aromatic N) is 3. The first-order chi connectivity index (χ1) is 10.6. The van der Waals surface area contributed by atoms with E-state index in [1.165, 1.54) is 11.1 Å². The molecule has 0 atom stereocenters. The lowest BCUT2D eigenvalue weighted by atomic mass is 10.0. The van der Waals surface area contributed by atoms with Crippen molar-refractivity contribution >= 4 is 0 Å². The smallest absolute Gasteiger partial charge is 0.141 e. The molecule has 22 heavy (non-hydrogen) atoms. The van der Waals surface area contributed by atoms with Crippen molar-refractivity contribution in [3.63, 3.8) is 0 Å². The van der Waals surface area contributed by atoms with Crippen molar-refractivity contribution in [3.05, 3.63) is 59.3 Å². The average molecular weight is 293 g/mol. The Morgan fingerprint density at radius 3 is 2.50 bits per heavy atom. The van der Waals surface area contributed by atoms with Crippen LogP contribution in [0.25, 0.3) is 16.9 Å². The molecule has 0 aliphatic rings. The minimum atomic E-state index is 0.216. The van der Waals surface area contributed by atoms with E-state index in [1.54, 1.807) is 16.9 Å². The van der Waals surface area contributed by atoms with Gasteiger partial charge >= 0.3 is 0 Å². The lowest BCUT2D eigenvalue weighted by Gasteiger charge is -2.12. The zero-order valence-corrected chi connectivity index (χ0v) is 13.0. The van der Waals surface area contributed by atoms with E-state index in [0.29, 0.717) is 5.69 Å². The molecule has 0 saturated carbocycles. The van der Waals surface area contributed by atoms with E-state index in [4.69, 9.17) is 0 Å². The number of aromatic hydroxyl groups is 1. The minimum absolute atomic E-state index is 0.216. The van der Waals surface area contributed by atoms with Gasteiger partial charge in [-0.15, -0.1) is 5.10 Å². The Morgan fingerprint density at radius 2 is 1.82 bits per heavy atom. The fourth-order valence-corrected chi connectivity index (χ4v) is 2.61.